The first-order valence-corrected chi connectivity index (χ1v) is 7.34. The van der Waals surface area contributed by atoms with Crippen LogP contribution in [0.25, 0.3) is 0 Å². The molecule has 7 nitrogen and oxygen atoms in total. The van der Waals surface area contributed by atoms with Crippen LogP contribution < -0.4 is 0 Å². The monoisotopic (exact) mass is 343 g/mol. The van der Waals surface area contributed by atoms with Crippen molar-refractivity contribution in [1.29, 1.82) is 0 Å². The molecule has 130 valence electrons. The molecular formula is C14H16F3N5O2. The molecule has 0 aliphatic carbocycles. The molecule has 1 aliphatic rings. The molecule has 24 heavy (non-hydrogen) atoms. The van der Waals surface area contributed by atoms with Gasteiger partial charge in [-0.15, -0.1) is 0 Å². The number of nitrogens with zero attached hydrogens (tertiary/aromatic N) is 4. The fourth-order valence-electron chi connectivity index (χ4n) is 2.67. The number of aromatic nitrogens is 4. The van der Waals surface area contributed by atoms with Crippen LogP contribution >= 0.6 is 0 Å². The molecule has 1 fully saturated rings. The number of nitrogens with one attached hydrogen (secondary N) is 1. The number of alkyl halides is 3. The Balaban J connectivity index is 1.75. The van der Waals surface area contributed by atoms with Gasteiger partial charge < -0.3 is 9.64 Å². The van der Waals surface area contributed by atoms with Crippen molar-refractivity contribution in [3.8, 4) is 0 Å². The average Bonchev–Trinajstić information content (AvgIpc) is 3.16. The van der Waals surface area contributed by atoms with E-state index in [2.05, 4.69) is 15.3 Å². The van der Waals surface area contributed by atoms with Crippen LogP contribution in [0.1, 0.15) is 23.0 Å². The second kappa shape index (κ2) is 6.27. The fourth-order valence-corrected chi connectivity index (χ4v) is 2.67. The molecule has 10 heteroatoms. The maximum absolute atomic E-state index is 12.6. The van der Waals surface area contributed by atoms with E-state index >= 15 is 0 Å². The summed E-state index contributed by atoms with van der Waals surface area (Å²) < 4.78 is 44.2. The topological polar surface area (TPSA) is 76.0 Å². The highest BCUT2D eigenvalue weighted by Crippen LogP contribution is 2.28. The zero-order chi connectivity index (χ0) is 17.3. The molecule has 3 rings (SSSR count). The Morgan fingerprint density at radius 2 is 2.29 bits per heavy atom. The molecule has 0 unspecified atom stereocenters. The van der Waals surface area contributed by atoms with Crippen LogP contribution in [-0.2, 0) is 22.3 Å². The lowest BCUT2D eigenvalue weighted by molar-refractivity contribution is -0.144. The first-order chi connectivity index (χ1) is 11.4. The van der Waals surface area contributed by atoms with Crippen molar-refractivity contribution in [2.45, 2.75) is 25.7 Å². The molecule has 0 radical (unpaired) electrons. The number of hydrogen-bond acceptors (Lipinski definition) is 4. The van der Waals surface area contributed by atoms with E-state index in [1.54, 1.807) is 11.1 Å². The van der Waals surface area contributed by atoms with E-state index in [1.165, 1.54) is 0 Å². The number of H-pyrrole nitrogens is 1. The molecule has 0 spiro atoms. The number of morpholine rings is 1. The van der Waals surface area contributed by atoms with E-state index in [9.17, 15) is 18.0 Å². The third-order valence-corrected chi connectivity index (χ3v) is 3.88. The molecular weight excluding hydrogens is 327 g/mol. The molecule has 1 aliphatic heterocycles. The second-order valence-corrected chi connectivity index (χ2v) is 5.54. The van der Waals surface area contributed by atoms with E-state index in [0.29, 0.717) is 19.8 Å². The van der Waals surface area contributed by atoms with E-state index in [-0.39, 0.29) is 18.5 Å². The number of aryl methyl sites for hydroxylation is 1. The summed E-state index contributed by atoms with van der Waals surface area (Å²) in [6, 6.07) is 0.509. The van der Waals surface area contributed by atoms with Gasteiger partial charge in [-0.3, -0.25) is 14.6 Å². The fraction of sp³-hybridized carbons (Fsp3) is 0.500. The van der Waals surface area contributed by atoms with Crippen LogP contribution in [0.4, 0.5) is 13.2 Å². The number of aromatic amines is 1. The minimum absolute atomic E-state index is 0.264. The first-order valence-electron chi connectivity index (χ1n) is 7.34. The Morgan fingerprint density at radius 1 is 1.50 bits per heavy atom. The Labute approximate surface area is 135 Å². The lowest BCUT2D eigenvalue weighted by atomic mass is 10.1. The van der Waals surface area contributed by atoms with Crippen LogP contribution in [0, 0.1) is 6.92 Å². The minimum atomic E-state index is -4.52. The van der Waals surface area contributed by atoms with Gasteiger partial charge in [0.05, 0.1) is 31.1 Å². The predicted octanol–water partition coefficient (Wildman–Crippen LogP) is 1.53. The molecule has 0 aromatic carbocycles. The Hall–Kier alpha value is -2.36. The number of carbonyl (C=O) groups is 1. The SMILES string of the molecule is Cc1cn[nH]c1[C@@H]1COCCN1C(=O)Cn1ccc(C(F)(F)F)n1. The van der Waals surface area contributed by atoms with Gasteiger partial charge in [-0.05, 0) is 18.6 Å². The summed E-state index contributed by atoms with van der Waals surface area (Å²) in [6.45, 7) is 2.64. The van der Waals surface area contributed by atoms with Gasteiger partial charge >= 0.3 is 6.18 Å². The maximum Gasteiger partial charge on any atom is 0.435 e. The van der Waals surface area contributed by atoms with E-state index in [0.717, 1.165) is 28.2 Å². The number of ether oxygens (including phenoxy) is 1. The van der Waals surface area contributed by atoms with Crippen LogP contribution in [-0.4, -0.2) is 50.5 Å². The lowest BCUT2D eigenvalue weighted by Crippen LogP contribution is -2.45. The van der Waals surface area contributed by atoms with Crippen LogP contribution in [0.5, 0.6) is 0 Å². The molecule has 0 saturated carbocycles. The van der Waals surface area contributed by atoms with Crippen LogP contribution in [0.2, 0.25) is 0 Å². The zero-order valence-corrected chi connectivity index (χ0v) is 12.9. The molecule has 3 heterocycles. The van der Waals surface area contributed by atoms with Gasteiger partial charge in [0.25, 0.3) is 0 Å². The number of halogens is 3. The zero-order valence-electron chi connectivity index (χ0n) is 12.9. The average molecular weight is 343 g/mol. The van der Waals surface area contributed by atoms with Crippen molar-refractivity contribution in [3.63, 3.8) is 0 Å². The van der Waals surface area contributed by atoms with Gasteiger partial charge in [0.1, 0.15) is 6.54 Å². The standard InChI is InChI=1S/C14H16F3N5O2/c1-9-6-18-19-13(9)10-8-24-5-4-22(10)12(23)7-21-3-2-11(20-21)14(15,16)17/h2-3,6,10H,4-5,7-8H2,1H3,(H,18,19)/t10-/m0/s1. The third-order valence-electron chi connectivity index (χ3n) is 3.88. The van der Waals surface area contributed by atoms with E-state index < -0.39 is 11.9 Å². The first kappa shape index (κ1) is 16.5. The Bertz CT molecular complexity index is 724. The molecule has 0 bridgehead atoms. The summed E-state index contributed by atoms with van der Waals surface area (Å²) in [7, 11) is 0. The molecule has 1 atom stereocenters. The van der Waals surface area contributed by atoms with Gasteiger partial charge in [-0.1, -0.05) is 0 Å². The normalized spacial score (nSPS) is 18.8. The number of hydrogen-bond donors (Lipinski definition) is 1. The largest absolute Gasteiger partial charge is 0.435 e. The van der Waals surface area contributed by atoms with E-state index in [4.69, 9.17) is 4.74 Å². The van der Waals surface area contributed by atoms with E-state index in [1.807, 2.05) is 6.92 Å². The summed E-state index contributed by atoms with van der Waals surface area (Å²) in [4.78, 5) is 14.1. The van der Waals surface area contributed by atoms with Gasteiger partial charge in [-0.25, -0.2) is 0 Å². The van der Waals surface area contributed by atoms with Gasteiger partial charge in [0.2, 0.25) is 5.91 Å². The summed E-state index contributed by atoms with van der Waals surface area (Å²) in [5.74, 6) is -0.325. The summed E-state index contributed by atoms with van der Waals surface area (Å²) >= 11 is 0. The molecule has 1 N–H and O–H groups in total. The molecule has 1 amide bonds. The molecule has 2 aromatic rings. The quantitative estimate of drug-likeness (QED) is 0.917. The number of carbonyl (C=O) groups excluding carboxylic acids is 1. The highest BCUT2D eigenvalue weighted by molar-refractivity contribution is 5.76. The third kappa shape index (κ3) is 3.28. The molecule has 2 aromatic heterocycles. The van der Waals surface area contributed by atoms with Gasteiger partial charge in [0, 0.05) is 12.7 Å². The van der Waals surface area contributed by atoms with Gasteiger partial charge in [-0.2, -0.15) is 23.4 Å². The predicted molar refractivity (Wildman–Crippen MR) is 75.8 cm³/mol. The lowest BCUT2D eigenvalue weighted by Gasteiger charge is -2.35. The number of rotatable bonds is 3. The maximum atomic E-state index is 12.6. The summed E-state index contributed by atoms with van der Waals surface area (Å²) in [5.41, 5.74) is 0.638. The summed E-state index contributed by atoms with van der Waals surface area (Å²) in [5, 5.41) is 10.2. The highest BCUT2D eigenvalue weighted by atomic mass is 19.4. The number of amides is 1. The van der Waals surface area contributed by atoms with Crippen molar-refractivity contribution in [1.82, 2.24) is 24.9 Å². The van der Waals surface area contributed by atoms with Crippen molar-refractivity contribution >= 4 is 5.91 Å². The highest BCUT2D eigenvalue weighted by Gasteiger charge is 2.34. The van der Waals surface area contributed by atoms with Crippen molar-refractivity contribution in [2.24, 2.45) is 0 Å². The van der Waals surface area contributed by atoms with Gasteiger partial charge in [0.15, 0.2) is 5.69 Å². The minimum Gasteiger partial charge on any atom is -0.377 e. The van der Waals surface area contributed by atoms with Crippen molar-refractivity contribution in [3.05, 3.63) is 35.4 Å². The second-order valence-electron chi connectivity index (χ2n) is 5.54. The van der Waals surface area contributed by atoms with Crippen molar-refractivity contribution in [2.75, 3.05) is 19.8 Å². The smallest absolute Gasteiger partial charge is 0.377 e. The van der Waals surface area contributed by atoms with Crippen LogP contribution in [0.3, 0.4) is 0 Å². The van der Waals surface area contributed by atoms with Crippen molar-refractivity contribution < 1.29 is 22.7 Å². The van der Waals surface area contributed by atoms with Crippen LogP contribution in [0.15, 0.2) is 18.5 Å². The summed E-state index contributed by atoms with van der Waals surface area (Å²) in [6.07, 6.45) is -1.73. The Morgan fingerprint density at radius 3 is 2.92 bits per heavy atom. The Kier molecular flexibility index (Phi) is 4.31. The molecule has 1 saturated heterocycles.